The fourth-order valence-corrected chi connectivity index (χ4v) is 4.36. The second-order valence-corrected chi connectivity index (χ2v) is 8.38. The van der Waals surface area contributed by atoms with Crippen LogP contribution < -0.4 is 9.80 Å². The van der Waals surface area contributed by atoms with Gasteiger partial charge in [0.15, 0.2) is 5.78 Å². The summed E-state index contributed by atoms with van der Waals surface area (Å²) in [6.07, 6.45) is 1.02. The van der Waals surface area contributed by atoms with E-state index in [2.05, 4.69) is 34.1 Å². The quantitative estimate of drug-likeness (QED) is 0.311. The number of benzene rings is 4. The number of hydrogen-bond acceptors (Lipinski definition) is 4. The zero-order valence-electron chi connectivity index (χ0n) is 19.1. The minimum atomic E-state index is 0.0308. The van der Waals surface area contributed by atoms with Crippen molar-refractivity contribution in [2.75, 3.05) is 36.1 Å². The third-order valence-electron chi connectivity index (χ3n) is 6.13. The average molecular weight is 449 g/mol. The van der Waals surface area contributed by atoms with Gasteiger partial charge in [0.1, 0.15) is 0 Å². The summed E-state index contributed by atoms with van der Waals surface area (Å²) in [6.45, 7) is 3.42. The highest BCUT2D eigenvalue weighted by Crippen LogP contribution is 2.34. The lowest BCUT2D eigenvalue weighted by molar-refractivity contribution is 0.103. The lowest BCUT2D eigenvalue weighted by Gasteiger charge is -2.25. The molecule has 4 aromatic carbocycles. The molecule has 0 aromatic heterocycles. The third-order valence-corrected chi connectivity index (χ3v) is 6.13. The van der Waals surface area contributed by atoms with Crippen molar-refractivity contribution in [1.29, 1.82) is 0 Å². The largest absolute Gasteiger partial charge is 0.380 e. The molecule has 5 rings (SSSR count). The van der Waals surface area contributed by atoms with Gasteiger partial charge in [-0.05, 0) is 79.2 Å². The van der Waals surface area contributed by atoms with Crippen LogP contribution in [-0.4, -0.2) is 32.1 Å². The van der Waals surface area contributed by atoms with Gasteiger partial charge in [0.2, 0.25) is 0 Å². The average Bonchev–Trinajstić information content (AvgIpc) is 3.20. The number of nitrogens with zero attached hydrogens (tertiary/aromatic N) is 2. The standard InChI is InChI=1S/C30H28N2O2/c33-30(24-12-16-26(17-13-24)31-20-7-22-34-23-21-31)25-14-18-29(19-15-25)32(27-8-3-1-4-9-27)28-10-5-2-6-11-28/h1-6,8-19H,7,20-23H2. The van der Waals surface area contributed by atoms with Gasteiger partial charge in [-0.2, -0.15) is 0 Å². The van der Waals surface area contributed by atoms with Crippen LogP contribution >= 0.6 is 0 Å². The van der Waals surface area contributed by atoms with Crippen LogP contribution in [0, 0.1) is 0 Å². The Hall–Kier alpha value is -3.89. The Morgan fingerprint density at radius 2 is 1.15 bits per heavy atom. The number of rotatable bonds is 6. The van der Waals surface area contributed by atoms with E-state index in [0.717, 1.165) is 55.5 Å². The third kappa shape index (κ3) is 4.87. The van der Waals surface area contributed by atoms with Gasteiger partial charge in [0.25, 0.3) is 0 Å². The first-order chi connectivity index (χ1) is 16.8. The van der Waals surface area contributed by atoms with E-state index in [1.807, 2.05) is 84.9 Å². The number of para-hydroxylation sites is 2. The molecular formula is C30H28N2O2. The summed E-state index contributed by atoms with van der Waals surface area (Å²) in [5, 5.41) is 0. The second-order valence-electron chi connectivity index (χ2n) is 8.38. The van der Waals surface area contributed by atoms with E-state index in [1.54, 1.807) is 0 Å². The van der Waals surface area contributed by atoms with Crippen molar-refractivity contribution in [1.82, 2.24) is 0 Å². The lowest BCUT2D eigenvalue weighted by Crippen LogP contribution is -2.25. The number of hydrogen-bond donors (Lipinski definition) is 0. The number of ether oxygens (including phenoxy) is 1. The SMILES string of the molecule is O=C(c1ccc(N2CCCOCC2)cc1)c1ccc(N(c2ccccc2)c2ccccc2)cc1. The second kappa shape index (κ2) is 10.4. The molecule has 4 heteroatoms. The molecule has 1 saturated heterocycles. The molecule has 0 aliphatic carbocycles. The summed E-state index contributed by atoms with van der Waals surface area (Å²) in [5.74, 6) is 0.0308. The van der Waals surface area contributed by atoms with E-state index in [9.17, 15) is 4.79 Å². The van der Waals surface area contributed by atoms with E-state index in [0.29, 0.717) is 11.1 Å². The Balaban J connectivity index is 1.37. The number of anilines is 4. The summed E-state index contributed by atoms with van der Waals surface area (Å²) in [5.41, 5.74) is 5.67. The van der Waals surface area contributed by atoms with Crippen molar-refractivity contribution in [2.45, 2.75) is 6.42 Å². The summed E-state index contributed by atoms with van der Waals surface area (Å²) in [4.78, 5) is 17.7. The predicted molar refractivity (Wildman–Crippen MR) is 139 cm³/mol. The molecule has 1 aliphatic heterocycles. The molecule has 0 amide bonds. The summed E-state index contributed by atoms with van der Waals surface area (Å²) in [6, 6.07) is 36.3. The molecule has 0 unspecified atom stereocenters. The normalized spacial score (nSPS) is 13.8. The van der Waals surface area contributed by atoms with Gasteiger partial charge in [-0.1, -0.05) is 36.4 Å². The zero-order valence-corrected chi connectivity index (χ0v) is 19.1. The van der Waals surface area contributed by atoms with Gasteiger partial charge >= 0.3 is 0 Å². The van der Waals surface area contributed by atoms with Crippen molar-refractivity contribution in [3.63, 3.8) is 0 Å². The smallest absolute Gasteiger partial charge is 0.193 e. The van der Waals surface area contributed by atoms with Crippen molar-refractivity contribution < 1.29 is 9.53 Å². The van der Waals surface area contributed by atoms with E-state index in [-0.39, 0.29) is 5.78 Å². The molecule has 1 aliphatic rings. The highest BCUT2D eigenvalue weighted by Gasteiger charge is 2.15. The van der Waals surface area contributed by atoms with Crippen LogP contribution in [-0.2, 0) is 4.74 Å². The summed E-state index contributed by atoms with van der Waals surface area (Å²) in [7, 11) is 0. The molecule has 0 saturated carbocycles. The Morgan fingerprint density at radius 1 is 0.618 bits per heavy atom. The molecule has 170 valence electrons. The van der Waals surface area contributed by atoms with Gasteiger partial charge in [0.05, 0.1) is 6.61 Å². The first-order valence-electron chi connectivity index (χ1n) is 11.8. The summed E-state index contributed by atoms with van der Waals surface area (Å²) < 4.78 is 5.55. The van der Waals surface area contributed by atoms with E-state index >= 15 is 0 Å². The molecular weight excluding hydrogens is 420 g/mol. The van der Waals surface area contributed by atoms with Gasteiger partial charge in [-0.15, -0.1) is 0 Å². The topological polar surface area (TPSA) is 32.8 Å². The maximum atomic E-state index is 13.2. The molecule has 4 nitrogen and oxygen atoms in total. The Kier molecular flexibility index (Phi) is 6.68. The molecule has 0 radical (unpaired) electrons. The van der Waals surface area contributed by atoms with Crippen LogP contribution in [0.25, 0.3) is 0 Å². The van der Waals surface area contributed by atoms with Crippen LogP contribution in [0.1, 0.15) is 22.3 Å². The molecule has 0 N–H and O–H groups in total. The van der Waals surface area contributed by atoms with Gasteiger partial charge in [0, 0.05) is 53.6 Å². The van der Waals surface area contributed by atoms with E-state index in [1.165, 1.54) is 0 Å². The van der Waals surface area contributed by atoms with Crippen LogP contribution in [0.15, 0.2) is 109 Å². The van der Waals surface area contributed by atoms with Crippen LogP contribution in [0.4, 0.5) is 22.7 Å². The predicted octanol–water partition coefficient (Wildman–Crippen LogP) is 6.61. The zero-order chi connectivity index (χ0) is 23.2. The molecule has 4 aromatic rings. The fraction of sp³-hybridized carbons (Fsp3) is 0.167. The molecule has 34 heavy (non-hydrogen) atoms. The molecule has 1 fully saturated rings. The first-order valence-corrected chi connectivity index (χ1v) is 11.8. The molecule has 1 heterocycles. The summed E-state index contributed by atoms with van der Waals surface area (Å²) >= 11 is 0. The van der Waals surface area contributed by atoms with Crippen molar-refractivity contribution in [3.8, 4) is 0 Å². The van der Waals surface area contributed by atoms with Crippen LogP contribution in [0.5, 0.6) is 0 Å². The monoisotopic (exact) mass is 448 g/mol. The van der Waals surface area contributed by atoms with E-state index < -0.39 is 0 Å². The Bertz CT molecular complexity index is 1160. The van der Waals surface area contributed by atoms with Gasteiger partial charge in [-0.3, -0.25) is 4.79 Å². The van der Waals surface area contributed by atoms with Crippen molar-refractivity contribution in [3.05, 3.63) is 120 Å². The maximum Gasteiger partial charge on any atom is 0.193 e. The number of carbonyl (C=O) groups excluding carboxylic acids is 1. The lowest BCUT2D eigenvalue weighted by atomic mass is 10.0. The number of ketones is 1. The number of carbonyl (C=O) groups is 1. The van der Waals surface area contributed by atoms with Gasteiger partial charge in [-0.25, -0.2) is 0 Å². The maximum absolute atomic E-state index is 13.2. The van der Waals surface area contributed by atoms with E-state index in [4.69, 9.17) is 4.74 Å². The van der Waals surface area contributed by atoms with Gasteiger partial charge < -0.3 is 14.5 Å². The highest BCUT2D eigenvalue weighted by molar-refractivity contribution is 6.09. The highest BCUT2D eigenvalue weighted by atomic mass is 16.5. The Morgan fingerprint density at radius 3 is 1.74 bits per heavy atom. The van der Waals surface area contributed by atoms with Crippen molar-refractivity contribution in [2.24, 2.45) is 0 Å². The van der Waals surface area contributed by atoms with Crippen molar-refractivity contribution >= 4 is 28.5 Å². The minimum Gasteiger partial charge on any atom is -0.380 e. The molecule has 0 bridgehead atoms. The first kappa shape index (κ1) is 21.9. The van der Waals surface area contributed by atoms with Crippen LogP contribution in [0.2, 0.25) is 0 Å². The fourth-order valence-electron chi connectivity index (χ4n) is 4.36. The van der Waals surface area contributed by atoms with Crippen LogP contribution in [0.3, 0.4) is 0 Å². The molecule has 0 atom stereocenters. The minimum absolute atomic E-state index is 0.0308. The Labute approximate surface area is 201 Å². The molecule has 0 spiro atoms.